The van der Waals surface area contributed by atoms with E-state index in [2.05, 4.69) is 26.5 Å². The summed E-state index contributed by atoms with van der Waals surface area (Å²) in [5.74, 6) is 0.445. The highest BCUT2D eigenvalue weighted by atomic mass is 79.9. The van der Waals surface area contributed by atoms with E-state index in [1.54, 1.807) is 36.4 Å². The van der Waals surface area contributed by atoms with Crippen LogP contribution in [0.1, 0.15) is 21.5 Å². The molecule has 0 radical (unpaired) electrons. The molecule has 0 spiro atoms. The van der Waals surface area contributed by atoms with E-state index in [9.17, 15) is 14.9 Å². The lowest BCUT2D eigenvalue weighted by molar-refractivity contribution is -0.384. The molecule has 182 valence electrons. The second kappa shape index (κ2) is 11.2. The number of nitrogens with one attached hydrogen (secondary N) is 1. The topological polar surface area (TPSA) is 103 Å². The Balaban J connectivity index is 1.43. The van der Waals surface area contributed by atoms with Crippen LogP contribution in [0.25, 0.3) is 10.8 Å². The molecule has 10 heteroatoms. The van der Waals surface area contributed by atoms with Crippen molar-refractivity contribution in [2.75, 3.05) is 7.11 Å². The number of fused-ring (bicyclic) bond motifs is 1. The number of hydrogen-bond donors (Lipinski definition) is 1. The fraction of sp³-hybridized carbons (Fsp3) is 0.0769. The van der Waals surface area contributed by atoms with Crippen molar-refractivity contribution in [1.29, 1.82) is 0 Å². The number of amides is 1. The van der Waals surface area contributed by atoms with Gasteiger partial charge in [0.15, 0.2) is 5.75 Å². The fourth-order valence-corrected chi connectivity index (χ4v) is 4.44. The summed E-state index contributed by atoms with van der Waals surface area (Å²) in [6, 6.07) is 20.7. The van der Waals surface area contributed by atoms with Gasteiger partial charge in [0.25, 0.3) is 11.6 Å². The lowest BCUT2D eigenvalue weighted by Gasteiger charge is -2.11. The lowest BCUT2D eigenvalue weighted by Crippen LogP contribution is -2.18. The molecule has 0 unspecified atom stereocenters. The maximum absolute atomic E-state index is 12.7. The summed E-state index contributed by atoms with van der Waals surface area (Å²) in [5.41, 5.74) is 4.26. The summed E-state index contributed by atoms with van der Waals surface area (Å²) in [4.78, 5) is 23.1. The number of halogens is 2. The smallest absolute Gasteiger partial charge is 0.275 e. The monoisotopic (exact) mass is 567 g/mol. The SMILES string of the molecule is COc1cc2ccccc2cc1C(=O)N/N=C\c1cc(Cl)c(OCc2ccc([N+](=O)[O-])cc2)c(Br)c1. The van der Waals surface area contributed by atoms with Crippen molar-refractivity contribution >= 4 is 56.1 Å². The molecule has 4 aromatic carbocycles. The highest BCUT2D eigenvalue weighted by Crippen LogP contribution is 2.35. The number of nitrogens with zero attached hydrogens (tertiary/aromatic N) is 2. The third-order valence-electron chi connectivity index (χ3n) is 5.24. The summed E-state index contributed by atoms with van der Waals surface area (Å²) in [7, 11) is 1.51. The van der Waals surface area contributed by atoms with Gasteiger partial charge in [-0.2, -0.15) is 5.10 Å². The zero-order valence-electron chi connectivity index (χ0n) is 18.9. The van der Waals surface area contributed by atoms with E-state index < -0.39 is 10.8 Å². The van der Waals surface area contributed by atoms with E-state index in [-0.39, 0.29) is 12.3 Å². The van der Waals surface area contributed by atoms with E-state index in [0.717, 1.165) is 16.3 Å². The molecule has 0 aliphatic heterocycles. The number of carbonyl (C=O) groups excluding carboxylic acids is 1. The van der Waals surface area contributed by atoms with Crippen molar-refractivity contribution in [3.8, 4) is 11.5 Å². The van der Waals surface area contributed by atoms with Gasteiger partial charge in [-0.1, -0.05) is 35.9 Å². The number of hydrogen-bond acceptors (Lipinski definition) is 6. The Morgan fingerprint density at radius 2 is 1.81 bits per heavy atom. The van der Waals surface area contributed by atoms with Crippen molar-refractivity contribution in [2.24, 2.45) is 5.10 Å². The van der Waals surface area contributed by atoms with Crippen molar-refractivity contribution in [3.05, 3.63) is 109 Å². The molecular weight excluding hydrogens is 550 g/mol. The van der Waals surface area contributed by atoms with Crippen LogP contribution in [0.15, 0.2) is 82.4 Å². The van der Waals surface area contributed by atoms with Crippen LogP contribution < -0.4 is 14.9 Å². The van der Waals surface area contributed by atoms with Gasteiger partial charge < -0.3 is 9.47 Å². The standard InChI is InChI=1S/C26H19BrClN3O5/c1-35-24-13-19-5-3-2-4-18(19)12-21(24)26(32)30-29-14-17-10-22(27)25(23(28)11-17)36-15-16-6-8-20(9-7-16)31(33)34/h2-14H,15H2,1H3,(H,30,32)/b29-14-. The Hall–Kier alpha value is -3.95. The van der Waals surface area contributed by atoms with Gasteiger partial charge in [-0.15, -0.1) is 0 Å². The molecule has 4 aromatic rings. The summed E-state index contributed by atoms with van der Waals surface area (Å²) in [6.45, 7) is 0.174. The van der Waals surface area contributed by atoms with Crippen molar-refractivity contribution in [3.63, 3.8) is 0 Å². The number of ether oxygens (including phenoxy) is 2. The maximum Gasteiger partial charge on any atom is 0.275 e. The number of non-ortho nitro benzene ring substituents is 1. The quantitative estimate of drug-likeness (QED) is 0.148. The Bertz CT molecular complexity index is 1450. The third kappa shape index (κ3) is 5.81. The van der Waals surface area contributed by atoms with Gasteiger partial charge in [0, 0.05) is 12.1 Å². The average molecular weight is 569 g/mol. The fourth-order valence-electron chi connectivity index (χ4n) is 3.45. The van der Waals surface area contributed by atoms with Gasteiger partial charge in [0.1, 0.15) is 12.4 Å². The molecule has 4 rings (SSSR count). The number of nitro benzene ring substituents is 1. The molecule has 8 nitrogen and oxygen atoms in total. The third-order valence-corrected chi connectivity index (χ3v) is 6.11. The lowest BCUT2D eigenvalue weighted by atomic mass is 10.1. The molecule has 36 heavy (non-hydrogen) atoms. The molecule has 0 aromatic heterocycles. The van der Waals surface area contributed by atoms with E-state index in [1.165, 1.54) is 25.5 Å². The second-order valence-electron chi connectivity index (χ2n) is 7.62. The van der Waals surface area contributed by atoms with Crippen LogP contribution >= 0.6 is 27.5 Å². The Morgan fingerprint density at radius 3 is 2.44 bits per heavy atom. The van der Waals surface area contributed by atoms with Gasteiger partial charge >= 0.3 is 0 Å². The molecular formula is C26H19BrClN3O5. The first kappa shape index (κ1) is 25.2. The van der Waals surface area contributed by atoms with Gasteiger partial charge in [0.05, 0.1) is 33.3 Å². The van der Waals surface area contributed by atoms with E-state index >= 15 is 0 Å². The minimum atomic E-state index is -0.459. The summed E-state index contributed by atoms with van der Waals surface area (Å²) < 4.78 is 11.8. The van der Waals surface area contributed by atoms with Crippen LogP contribution in [0.5, 0.6) is 11.5 Å². The first-order valence-corrected chi connectivity index (χ1v) is 11.8. The first-order valence-electron chi connectivity index (χ1n) is 10.6. The second-order valence-corrected chi connectivity index (χ2v) is 8.89. The number of benzene rings is 4. The highest BCUT2D eigenvalue weighted by molar-refractivity contribution is 9.10. The number of nitro groups is 1. The van der Waals surface area contributed by atoms with Crippen molar-refractivity contribution in [2.45, 2.75) is 6.61 Å². The van der Waals surface area contributed by atoms with Crippen LogP contribution in [0.2, 0.25) is 5.02 Å². The van der Waals surface area contributed by atoms with E-state index in [1.807, 2.05) is 24.3 Å². The molecule has 0 aliphatic rings. The van der Waals surface area contributed by atoms with Crippen LogP contribution in [0.3, 0.4) is 0 Å². The van der Waals surface area contributed by atoms with Crippen LogP contribution in [0, 0.1) is 10.1 Å². The van der Waals surface area contributed by atoms with Crippen LogP contribution in [-0.4, -0.2) is 24.2 Å². The van der Waals surface area contributed by atoms with Gasteiger partial charge in [-0.05, 0) is 74.2 Å². The van der Waals surface area contributed by atoms with E-state index in [0.29, 0.717) is 32.1 Å². The van der Waals surface area contributed by atoms with Gasteiger partial charge in [0.2, 0.25) is 0 Å². The van der Waals surface area contributed by atoms with Crippen molar-refractivity contribution in [1.82, 2.24) is 5.43 Å². The average Bonchev–Trinajstić information content (AvgIpc) is 2.87. The molecule has 1 amide bonds. The molecule has 1 N–H and O–H groups in total. The molecule has 0 saturated carbocycles. The largest absolute Gasteiger partial charge is 0.496 e. The summed E-state index contributed by atoms with van der Waals surface area (Å²) >= 11 is 9.83. The normalized spacial score (nSPS) is 11.0. The predicted octanol–water partition coefficient (Wildman–Crippen LogP) is 6.52. The minimum Gasteiger partial charge on any atom is -0.496 e. The zero-order valence-corrected chi connectivity index (χ0v) is 21.2. The first-order chi connectivity index (χ1) is 17.4. The Labute approximate surface area is 219 Å². The minimum absolute atomic E-state index is 0.00718. The van der Waals surface area contributed by atoms with Gasteiger partial charge in [-0.25, -0.2) is 5.43 Å². The molecule has 0 atom stereocenters. The molecule has 0 fully saturated rings. The Morgan fingerprint density at radius 1 is 1.11 bits per heavy atom. The van der Waals surface area contributed by atoms with Crippen molar-refractivity contribution < 1.29 is 19.2 Å². The summed E-state index contributed by atoms with van der Waals surface area (Å²) in [5, 5.41) is 17.0. The highest BCUT2D eigenvalue weighted by Gasteiger charge is 2.14. The maximum atomic E-state index is 12.7. The number of hydrazone groups is 1. The number of carbonyl (C=O) groups is 1. The molecule has 0 saturated heterocycles. The number of rotatable bonds is 8. The molecule has 0 aliphatic carbocycles. The number of methoxy groups -OCH3 is 1. The van der Waals surface area contributed by atoms with Gasteiger partial charge in [-0.3, -0.25) is 14.9 Å². The van der Waals surface area contributed by atoms with Crippen LogP contribution in [0.4, 0.5) is 5.69 Å². The van der Waals surface area contributed by atoms with E-state index in [4.69, 9.17) is 21.1 Å². The van der Waals surface area contributed by atoms with Crippen LogP contribution in [-0.2, 0) is 6.61 Å². The zero-order chi connectivity index (χ0) is 25.7. The summed E-state index contributed by atoms with van der Waals surface area (Å²) in [6.07, 6.45) is 1.46. The Kier molecular flexibility index (Phi) is 7.82. The predicted molar refractivity (Wildman–Crippen MR) is 142 cm³/mol. The molecule has 0 bridgehead atoms. The molecule has 0 heterocycles.